The number of fused-ring (bicyclic) bond motifs is 3. The molecule has 2 aliphatic carbocycles. The number of nitrogens with one attached hydrogen (secondary N) is 1. The Morgan fingerprint density at radius 2 is 1.50 bits per heavy atom. The maximum atomic E-state index is 12.4. The molecule has 0 heterocycles. The summed E-state index contributed by atoms with van der Waals surface area (Å²) >= 11 is 0. The highest BCUT2D eigenvalue weighted by Gasteiger charge is 2.44. The van der Waals surface area contributed by atoms with Crippen LogP contribution in [0.2, 0.25) is 0 Å². The third-order valence-electron chi connectivity index (χ3n) is 6.04. The summed E-state index contributed by atoms with van der Waals surface area (Å²) in [4.78, 5) is 23.4. The van der Waals surface area contributed by atoms with Crippen molar-refractivity contribution in [2.75, 3.05) is 11.9 Å². The van der Waals surface area contributed by atoms with Gasteiger partial charge in [-0.15, -0.1) is 0 Å². The predicted octanol–water partition coefficient (Wildman–Crippen LogP) is 5.24. The molecule has 1 saturated carbocycles. The summed E-state index contributed by atoms with van der Waals surface area (Å²) in [6, 6.07) is 23.7. The van der Waals surface area contributed by atoms with E-state index in [1.165, 1.54) is 22.3 Å². The Morgan fingerprint density at radius 3 is 2.07 bits per heavy atom. The Hall–Kier alpha value is -3.60. The topological polar surface area (TPSA) is 75.6 Å². The first-order valence-corrected chi connectivity index (χ1v) is 10.1. The largest absolute Gasteiger partial charge is 0.481 e. The predicted molar refractivity (Wildman–Crippen MR) is 114 cm³/mol. The zero-order valence-electron chi connectivity index (χ0n) is 16.2. The van der Waals surface area contributed by atoms with Crippen molar-refractivity contribution in [1.29, 1.82) is 0 Å². The van der Waals surface area contributed by atoms with Crippen molar-refractivity contribution >= 4 is 17.7 Å². The molecular weight excluding hydrogens is 378 g/mol. The maximum Gasteiger partial charge on any atom is 0.411 e. The number of carbonyl (C=O) groups is 2. The van der Waals surface area contributed by atoms with Gasteiger partial charge in [0.15, 0.2) is 0 Å². The molecule has 2 N–H and O–H groups in total. The molecule has 30 heavy (non-hydrogen) atoms. The highest BCUT2D eigenvalue weighted by molar-refractivity contribution is 5.85. The minimum Gasteiger partial charge on any atom is -0.481 e. The van der Waals surface area contributed by atoms with Crippen LogP contribution in [0.15, 0.2) is 72.8 Å². The fourth-order valence-electron chi connectivity index (χ4n) is 4.40. The summed E-state index contributed by atoms with van der Waals surface area (Å²) in [7, 11) is 0. The molecule has 0 aliphatic heterocycles. The van der Waals surface area contributed by atoms with Gasteiger partial charge in [-0.25, -0.2) is 4.79 Å². The number of rotatable bonds is 5. The molecule has 5 heteroatoms. The second kappa shape index (κ2) is 7.34. The fourth-order valence-corrected chi connectivity index (χ4v) is 4.40. The van der Waals surface area contributed by atoms with Gasteiger partial charge in [0.2, 0.25) is 0 Å². The Bertz CT molecular complexity index is 1080. The number of aliphatic carboxylic acids is 1. The van der Waals surface area contributed by atoms with Crippen molar-refractivity contribution in [1.82, 2.24) is 0 Å². The van der Waals surface area contributed by atoms with E-state index in [4.69, 9.17) is 9.84 Å². The van der Waals surface area contributed by atoms with Gasteiger partial charge in [0.25, 0.3) is 0 Å². The quantitative estimate of drug-likeness (QED) is 0.616. The van der Waals surface area contributed by atoms with Crippen LogP contribution >= 0.6 is 0 Å². The van der Waals surface area contributed by atoms with E-state index < -0.39 is 12.1 Å². The lowest BCUT2D eigenvalue weighted by Crippen LogP contribution is -2.17. The molecule has 2 aliphatic rings. The number of carboxylic acid groups (broad SMARTS) is 1. The Labute approximate surface area is 174 Å². The van der Waals surface area contributed by atoms with Gasteiger partial charge < -0.3 is 9.84 Å². The van der Waals surface area contributed by atoms with Gasteiger partial charge in [0.1, 0.15) is 6.61 Å². The molecule has 150 valence electrons. The first-order chi connectivity index (χ1) is 14.6. The first-order valence-electron chi connectivity index (χ1n) is 10.1. The molecule has 5 rings (SSSR count). The van der Waals surface area contributed by atoms with Gasteiger partial charge in [-0.2, -0.15) is 0 Å². The highest BCUT2D eigenvalue weighted by atomic mass is 16.5. The van der Waals surface area contributed by atoms with E-state index in [1.54, 1.807) is 12.1 Å². The lowest BCUT2D eigenvalue weighted by molar-refractivity contribution is -0.138. The molecule has 0 saturated heterocycles. The minimum absolute atomic E-state index is 0.0216. The van der Waals surface area contributed by atoms with Crippen LogP contribution in [0.3, 0.4) is 0 Å². The van der Waals surface area contributed by atoms with Crippen LogP contribution in [0, 0.1) is 5.92 Å². The Kier molecular flexibility index (Phi) is 4.51. The van der Waals surface area contributed by atoms with Gasteiger partial charge >= 0.3 is 12.1 Å². The van der Waals surface area contributed by atoms with Crippen LogP contribution in [0.5, 0.6) is 0 Å². The number of ether oxygens (including phenoxy) is 1. The molecule has 0 aromatic heterocycles. The third kappa shape index (κ3) is 3.32. The van der Waals surface area contributed by atoms with E-state index in [1.807, 2.05) is 36.4 Å². The Balaban J connectivity index is 1.22. The molecule has 0 bridgehead atoms. The summed E-state index contributed by atoms with van der Waals surface area (Å²) in [6.07, 6.45) is 0.175. The number of carbonyl (C=O) groups excluding carboxylic acids is 1. The number of hydrogen-bond acceptors (Lipinski definition) is 3. The van der Waals surface area contributed by atoms with Gasteiger partial charge in [0, 0.05) is 11.6 Å². The molecule has 0 unspecified atom stereocenters. The molecule has 1 fully saturated rings. The number of benzene rings is 3. The lowest BCUT2D eigenvalue weighted by Gasteiger charge is -2.14. The van der Waals surface area contributed by atoms with Crippen LogP contribution in [-0.2, 0) is 9.53 Å². The van der Waals surface area contributed by atoms with E-state index >= 15 is 0 Å². The summed E-state index contributed by atoms with van der Waals surface area (Å²) in [6.45, 7) is 0.264. The second-order valence-electron chi connectivity index (χ2n) is 7.86. The normalized spacial score (nSPS) is 18.9. The number of carboxylic acids is 1. The number of hydrogen-bond donors (Lipinski definition) is 2. The standard InChI is InChI=1S/C25H21NO4/c27-24(28)22-13-21(22)15-9-11-16(12-10-15)26-25(29)30-14-23-19-7-3-1-5-17(19)18-6-2-4-8-20(18)23/h1-12,21-23H,13-14H2,(H,26,29)(H,27,28)/t21-,22+/m0/s1. The summed E-state index contributed by atoms with van der Waals surface area (Å²) in [5.41, 5.74) is 6.35. The van der Waals surface area contributed by atoms with Crippen molar-refractivity contribution in [2.24, 2.45) is 5.92 Å². The van der Waals surface area contributed by atoms with Crippen molar-refractivity contribution in [2.45, 2.75) is 18.3 Å². The minimum atomic E-state index is -0.749. The van der Waals surface area contributed by atoms with Gasteiger partial charge in [-0.05, 0) is 52.3 Å². The van der Waals surface area contributed by atoms with Crippen molar-refractivity contribution in [3.05, 3.63) is 89.5 Å². The van der Waals surface area contributed by atoms with E-state index in [9.17, 15) is 9.59 Å². The summed E-state index contributed by atoms with van der Waals surface area (Å²) in [5.74, 6) is -0.939. The van der Waals surface area contributed by atoms with E-state index in [2.05, 4.69) is 29.6 Å². The van der Waals surface area contributed by atoms with Gasteiger partial charge in [0.05, 0.1) is 5.92 Å². The van der Waals surface area contributed by atoms with Crippen LogP contribution in [-0.4, -0.2) is 23.8 Å². The second-order valence-corrected chi connectivity index (χ2v) is 7.86. The van der Waals surface area contributed by atoms with Gasteiger partial charge in [-0.1, -0.05) is 60.7 Å². The molecule has 0 spiro atoms. The first kappa shape index (κ1) is 18.4. The van der Waals surface area contributed by atoms with Gasteiger partial charge in [-0.3, -0.25) is 10.1 Å². The summed E-state index contributed by atoms with van der Waals surface area (Å²) in [5, 5.41) is 11.8. The van der Waals surface area contributed by atoms with Crippen molar-refractivity contribution in [3.63, 3.8) is 0 Å². The van der Waals surface area contributed by atoms with Crippen molar-refractivity contribution in [3.8, 4) is 11.1 Å². The molecule has 2 atom stereocenters. The summed E-state index contributed by atoms with van der Waals surface area (Å²) < 4.78 is 5.55. The average molecular weight is 399 g/mol. The fraction of sp³-hybridized carbons (Fsp3) is 0.200. The number of amides is 1. The molecule has 0 radical (unpaired) electrons. The molecule has 1 amide bonds. The smallest absolute Gasteiger partial charge is 0.411 e. The molecular formula is C25H21NO4. The van der Waals surface area contributed by atoms with Crippen molar-refractivity contribution < 1.29 is 19.4 Å². The van der Waals surface area contributed by atoms with Crippen LogP contribution in [0.25, 0.3) is 11.1 Å². The zero-order valence-corrected chi connectivity index (χ0v) is 16.2. The SMILES string of the molecule is O=C(Nc1ccc([C@@H]2C[C@H]2C(=O)O)cc1)OCC1c2ccccc2-c2ccccc21. The van der Waals surface area contributed by atoms with E-state index in [-0.39, 0.29) is 24.4 Å². The van der Waals surface area contributed by atoms with Crippen LogP contribution in [0.1, 0.15) is 34.9 Å². The lowest BCUT2D eigenvalue weighted by atomic mass is 9.98. The third-order valence-corrected chi connectivity index (χ3v) is 6.04. The van der Waals surface area contributed by atoms with E-state index in [0.717, 1.165) is 5.56 Å². The number of anilines is 1. The maximum absolute atomic E-state index is 12.4. The zero-order chi connectivity index (χ0) is 20.7. The molecule has 3 aromatic carbocycles. The molecule has 5 nitrogen and oxygen atoms in total. The monoisotopic (exact) mass is 399 g/mol. The molecule has 3 aromatic rings. The van der Waals surface area contributed by atoms with Crippen LogP contribution < -0.4 is 5.32 Å². The van der Waals surface area contributed by atoms with E-state index in [0.29, 0.717) is 12.1 Å². The highest BCUT2D eigenvalue weighted by Crippen LogP contribution is 2.47. The average Bonchev–Trinajstić information content (AvgIpc) is 3.50. The Morgan fingerprint density at radius 1 is 0.900 bits per heavy atom. The van der Waals surface area contributed by atoms with Crippen LogP contribution in [0.4, 0.5) is 10.5 Å².